The molecule has 18 heavy (non-hydrogen) atoms. The van der Waals surface area contributed by atoms with Crippen LogP contribution in [0.2, 0.25) is 0 Å². The minimum Gasteiger partial charge on any atom is -0.458 e. The number of carbonyl (C=O) groups excluding carboxylic acids is 1. The van der Waals surface area contributed by atoms with Gasteiger partial charge in [0, 0.05) is 25.0 Å². The molecule has 0 aliphatic rings. The summed E-state index contributed by atoms with van der Waals surface area (Å²) in [6.45, 7) is 10.9. The van der Waals surface area contributed by atoms with Gasteiger partial charge in [-0.1, -0.05) is 12.7 Å². The highest BCUT2D eigenvalue weighted by Gasteiger charge is 2.07. The molecule has 0 atom stereocenters. The third kappa shape index (κ3) is 8.78. The summed E-state index contributed by atoms with van der Waals surface area (Å²) in [7, 11) is 0. The summed E-state index contributed by atoms with van der Waals surface area (Å²) < 4.78 is 15.6. The standard InChI is InChI=1S/C13H23NO4/c1-5-8-18-12(15)9-11(4)14-10-13(16-6-2)17-7-3/h5,9,13-14H,1,6-8,10H2,2-4H3/b11-9+. The van der Waals surface area contributed by atoms with Crippen molar-refractivity contribution in [1.82, 2.24) is 5.32 Å². The molecular weight excluding hydrogens is 234 g/mol. The fraction of sp³-hybridized carbons (Fsp3) is 0.615. The molecule has 0 saturated carbocycles. The van der Waals surface area contributed by atoms with E-state index in [4.69, 9.17) is 14.2 Å². The van der Waals surface area contributed by atoms with E-state index in [2.05, 4.69) is 11.9 Å². The third-order valence-electron chi connectivity index (χ3n) is 1.93. The van der Waals surface area contributed by atoms with E-state index < -0.39 is 5.97 Å². The molecule has 0 saturated heterocycles. The molecule has 0 rings (SSSR count). The summed E-state index contributed by atoms with van der Waals surface area (Å²) in [6, 6.07) is 0. The number of allylic oxidation sites excluding steroid dienone is 1. The van der Waals surface area contributed by atoms with Gasteiger partial charge < -0.3 is 19.5 Å². The van der Waals surface area contributed by atoms with Crippen molar-refractivity contribution in [1.29, 1.82) is 0 Å². The van der Waals surface area contributed by atoms with Crippen LogP contribution in [0.4, 0.5) is 0 Å². The minimum atomic E-state index is -0.399. The maximum absolute atomic E-state index is 11.3. The van der Waals surface area contributed by atoms with Crippen molar-refractivity contribution in [2.75, 3.05) is 26.4 Å². The van der Waals surface area contributed by atoms with Crippen LogP contribution < -0.4 is 5.32 Å². The van der Waals surface area contributed by atoms with Crippen molar-refractivity contribution in [2.45, 2.75) is 27.1 Å². The largest absolute Gasteiger partial charge is 0.458 e. The molecule has 1 N–H and O–H groups in total. The third-order valence-corrected chi connectivity index (χ3v) is 1.93. The molecule has 0 aliphatic carbocycles. The number of carbonyl (C=O) groups is 1. The van der Waals surface area contributed by atoms with Crippen molar-refractivity contribution >= 4 is 5.97 Å². The lowest BCUT2D eigenvalue weighted by Crippen LogP contribution is -2.31. The second-order valence-corrected chi connectivity index (χ2v) is 3.47. The van der Waals surface area contributed by atoms with E-state index in [1.807, 2.05) is 13.8 Å². The summed E-state index contributed by atoms with van der Waals surface area (Å²) in [5, 5.41) is 3.04. The fourth-order valence-electron chi connectivity index (χ4n) is 1.19. The lowest BCUT2D eigenvalue weighted by molar-refractivity contribution is -0.137. The monoisotopic (exact) mass is 257 g/mol. The molecule has 0 aromatic carbocycles. The zero-order chi connectivity index (χ0) is 13.8. The van der Waals surface area contributed by atoms with E-state index in [9.17, 15) is 4.79 Å². The van der Waals surface area contributed by atoms with Crippen LogP contribution in [0, 0.1) is 0 Å². The predicted octanol–water partition coefficient (Wildman–Crippen LogP) is 1.61. The molecule has 0 fully saturated rings. The Hall–Kier alpha value is -1.33. The summed E-state index contributed by atoms with van der Waals surface area (Å²) in [6.07, 6.45) is 2.60. The highest BCUT2D eigenvalue weighted by atomic mass is 16.7. The van der Waals surface area contributed by atoms with E-state index in [1.54, 1.807) is 6.92 Å². The molecule has 5 nitrogen and oxygen atoms in total. The molecule has 0 heterocycles. The number of hydrogen-bond acceptors (Lipinski definition) is 5. The summed E-state index contributed by atoms with van der Waals surface area (Å²) in [4.78, 5) is 11.3. The normalized spacial score (nSPS) is 11.4. The van der Waals surface area contributed by atoms with Gasteiger partial charge in [0.1, 0.15) is 6.61 Å². The maximum Gasteiger partial charge on any atom is 0.332 e. The van der Waals surface area contributed by atoms with Crippen molar-refractivity contribution in [3.63, 3.8) is 0 Å². The van der Waals surface area contributed by atoms with Crippen molar-refractivity contribution in [3.05, 3.63) is 24.4 Å². The van der Waals surface area contributed by atoms with Gasteiger partial charge in [-0.05, 0) is 20.8 Å². The highest BCUT2D eigenvalue weighted by Crippen LogP contribution is 1.96. The number of esters is 1. The summed E-state index contributed by atoms with van der Waals surface area (Å²) >= 11 is 0. The van der Waals surface area contributed by atoms with Gasteiger partial charge in [0.2, 0.25) is 0 Å². The number of ether oxygens (including phenoxy) is 3. The van der Waals surface area contributed by atoms with Gasteiger partial charge in [-0.3, -0.25) is 0 Å². The van der Waals surface area contributed by atoms with Crippen molar-refractivity contribution in [2.24, 2.45) is 0 Å². The fourth-order valence-corrected chi connectivity index (χ4v) is 1.19. The molecule has 104 valence electrons. The van der Waals surface area contributed by atoms with E-state index in [0.29, 0.717) is 25.5 Å². The molecule has 0 spiro atoms. The molecule has 5 heteroatoms. The van der Waals surface area contributed by atoms with Crippen LogP contribution in [0.25, 0.3) is 0 Å². The quantitative estimate of drug-likeness (QED) is 0.279. The number of nitrogens with one attached hydrogen (secondary N) is 1. The molecule has 0 unspecified atom stereocenters. The Morgan fingerprint density at radius 3 is 2.44 bits per heavy atom. The van der Waals surface area contributed by atoms with Crippen LogP contribution in [-0.4, -0.2) is 38.6 Å². The van der Waals surface area contributed by atoms with Crippen molar-refractivity contribution < 1.29 is 19.0 Å². The number of hydrogen-bond donors (Lipinski definition) is 1. The molecule has 0 aromatic heterocycles. The van der Waals surface area contributed by atoms with Gasteiger partial charge in [0.05, 0.1) is 6.54 Å². The maximum atomic E-state index is 11.3. The van der Waals surface area contributed by atoms with Gasteiger partial charge in [-0.25, -0.2) is 4.79 Å². The van der Waals surface area contributed by atoms with Crippen LogP contribution in [0.3, 0.4) is 0 Å². The van der Waals surface area contributed by atoms with Crippen molar-refractivity contribution in [3.8, 4) is 0 Å². The average Bonchev–Trinajstić information content (AvgIpc) is 2.34. The Bertz CT molecular complexity index is 270. The summed E-state index contributed by atoms with van der Waals surface area (Å²) in [5.74, 6) is -0.399. The van der Waals surface area contributed by atoms with Crippen LogP contribution in [-0.2, 0) is 19.0 Å². The molecule has 0 bridgehead atoms. The SMILES string of the molecule is C=CCOC(=O)/C=C(\C)NCC(OCC)OCC. The average molecular weight is 257 g/mol. The van der Waals surface area contributed by atoms with E-state index in [-0.39, 0.29) is 12.9 Å². The molecule has 0 aromatic rings. The first kappa shape index (κ1) is 16.7. The van der Waals surface area contributed by atoms with E-state index in [0.717, 1.165) is 0 Å². The topological polar surface area (TPSA) is 56.8 Å². The zero-order valence-electron chi connectivity index (χ0n) is 11.4. The summed E-state index contributed by atoms with van der Waals surface area (Å²) in [5.41, 5.74) is 0.702. The molecule has 0 radical (unpaired) electrons. The van der Waals surface area contributed by atoms with Crippen LogP contribution in [0.5, 0.6) is 0 Å². The van der Waals surface area contributed by atoms with Gasteiger partial charge in [0.15, 0.2) is 6.29 Å². The van der Waals surface area contributed by atoms with Gasteiger partial charge >= 0.3 is 5.97 Å². The molecular formula is C13H23NO4. The van der Waals surface area contributed by atoms with Crippen LogP contribution in [0.1, 0.15) is 20.8 Å². The Morgan fingerprint density at radius 2 is 1.94 bits per heavy atom. The van der Waals surface area contributed by atoms with E-state index >= 15 is 0 Å². The first-order valence-electron chi connectivity index (χ1n) is 6.07. The van der Waals surface area contributed by atoms with Gasteiger partial charge in [-0.2, -0.15) is 0 Å². The predicted molar refractivity (Wildman–Crippen MR) is 70.0 cm³/mol. The van der Waals surface area contributed by atoms with Crippen LogP contribution >= 0.6 is 0 Å². The Morgan fingerprint density at radius 1 is 1.33 bits per heavy atom. The Kier molecular flexibility index (Phi) is 10.0. The zero-order valence-corrected chi connectivity index (χ0v) is 11.4. The Labute approximate surface area is 109 Å². The lowest BCUT2D eigenvalue weighted by Gasteiger charge is -2.18. The van der Waals surface area contributed by atoms with Gasteiger partial charge in [-0.15, -0.1) is 0 Å². The van der Waals surface area contributed by atoms with Gasteiger partial charge in [0.25, 0.3) is 0 Å². The van der Waals surface area contributed by atoms with Crippen LogP contribution in [0.15, 0.2) is 24.4 Å². The highest BCUT2D eigenvalue weighted by molar-refractivity contribution is 5.82. The first-order chi connectivity index (χ1) is 8.63. The Balaban J connectivity index is 4.04. The molecule has 0 amide bonds. The van der Waals surface area contributed by atoms with E-state index in [1.165, 1.54) is 12.2 Å². The lowest BCUT2D eigenvalue weighted by atomic mass is 10.4. The second kappa shape index (κ2) is 10.8. The minimum absolute atomic E-state index is 0.211. The number of rotatable bonds is 10. The second-order valence-electron chi connectivity index (χ2n) is 3.47. The first-order valence-corrected chi connectivity index (χ1v) is 6.07. The molecule has 0 aliphatic heterocycles. The smallest absolute Gasteiger partial charge is 0.332 e.